The summed E-state index contributed by atoms with van der Waals surface area (Å²) in [5.74, 6) is -2.01. The van der Waals surface area contributed by atoms with Gasteiger partial charge in [-0.05, 0) is 54.6 Å². The largest absolute Gasteiger partial charge is 0.453 e. The van der Waals surface area contributed by atoms with E-state index in [1.807, 2.05) is 24.3 Å². The molecule has 0 spiro atoms. The second-order valence-corrected chi connectivity index (χ2v) is 10.4. The molecule has 3 aromatic heterocycles. The Balaban J connectivity index is 1.24. The van der Waals surface area contributed by atoms with Gasteiger partial charge < -0.3 is 25.4 Å². The van der Waals surface area contributed by atoms with Gasteiger partial charge in [0.1, 0.15) is 18.0 Å². The molecule has 3 N–H and O–H groups in total. The highest BCUT2D eigenvalue weighted by atomic mass is 32.1. The fraction of sp³-hybridized carbons (Fsp3) is 0.161. The highest BCUT2D eigenvalue weighted by molar-refractivity contribution is 7.22. The summed E-state index contributed by atoms with van der Waals surface area (Å²) in [6, 6.07) is 18.5. The van der Waals surface area contributed by atoms with Crippen molar-refractivity contribution in [2.75, 3.05) is 30.9 Å². The zero-order chi connectivity index (χ0) is 30.2. The van der Waals surface area contributed by atoms with E-state index >= 15 is 4.39 Å². The Labute approximate surface area is 249 Å². The van der Waals surface area contributed by atoms with Gasteiger partial charge in [-0.15, -0.1) is 11.3 Å². The number of rotatable bonds is 12. The molecule has 9 nitrogen and oxygen atoms in total. The van der Waals surface area contributed by atoms with Gasteiger partial charge in [-0.3, -0.25) is 19.6 Å². The molecule has 0 unspecified atom stereocenters. The van der Waals surface area contributed by atoms with Crippen molar-refractivity contribution in [3.05, 3.63) is 96.3 Å². The van der Waals surface area contributed by atoms with Gasteiger partial charge in [0, 0.05) is 49.9 Å². The van der Waals surface area contributed by atoms with Crippen LogP contribution in [0.5, 0.6) is 11.5 Å². The lowest BCUT2D eigenvalue weighted by Gasteiger charge is -2.10. The van der Waals surface area contributed by atoms with Crippen molar-refractivity contribution in [1.29, 1.82) is 0 Å². The van der Waals surface area contributed by atoms with Crippen molar-refractivity contribution in [3.63, 3.8) is 0 Å². The van der Waals surface area contributed by atoms with Crippen molar-refractivity contribution in [2.24, 2.45) is 0 Å². The predicted octanol–water partition coefficient (Wildman–Crippen LogP) is 6.13. The second-order valence-electron chi connectivity index (χ2n) is 9.35. The van der Waals surface area contributed by atoms with Crippen molar-refractivity contribution >= 4 is 44.7 Å². The van der Waals surface area contributed by atoms with Crippen molar-refractivity contribution in [1.82, 2.24) is 15.3 Å². The standard InChI is InChI=1S/C31H27F2N5O4S/c1-41-14-13-34-18-22-3-2-4-24(36-22)28-16-25-31(43-28)27(11-12-35-25)42-26-10-9-21(15-23(26)33)38-30(40)17-29(39)37-20-7-5-19(32)6-8-20/h2-12,15-16,34H,13-14,17-18H2,1H3,(H,37,39)(H,38,40). The Morgan fingerprint density at radius 3 is 2.44 bits per heavy atom. The van der Waals surface area contributed by atoms with Crippen LogP contribution in [0.2, 0.25) is 0 Å². The minimum Gasteiger partial charge on any atom is -0.453 e. The average Bonchev–Trinajstić information content (AvgIpc) is 3.44. The van der Waals surface area contributed by atoms with E-state index in [1.165, 1.54) is 47.7 Å². The third kappa shape index (κ3) is 7.95. The Morgan fingerprint density at radius 2 is 1.67 bits per heavy atom. The number of thiophene rings is 1. The molecule has 0 radical (unpaired) electrons. The maximum absolute atomic E-state index is 15.0. The first-order chi connectivity index (χ1) is 20.9. The van der Waals surface area contributed by atoms with Gasteiger partial charge in [0.05, 0.1) is 33.1 Å². The Hall–Kier alpha value is -4.78. The topological polar surface area (TPSA) is 114 Å². The van der Waals surface area contributed by atoms with E-state index in [1.54, 1.807) is 19.4 Å². The van der Waals surface area contributed by atoms with E-state index in [0.29, 0.717) is 30.1 Å². The number of methoxy groups -OCH3 is 1. The van der Waals surface area contributed by atoms with E-state index in [4.69, 9.17) is 14.5 Å². The molecule has 2 amide bonds. The lowest BCUT2D eigenvalue weighted by Crippen LogP contribution is -2.21. The lowest BCUT2D eigenvalue weighted by molar-refractivity contribution is -0.123. The number of ether oxygens (including phenoxy) is 2. The summed E-state index contributed by atoms with van der Waals surface area (Å²) >= 11 is 1.43. The lowest BCUT2D eigenvalue weighted by atomic mass is 10.2. The molecule has 0 fully saturated rings. The molecule has 5 rings (SSSR count). The first kappa shape index (κ1) is 29.7. The fourth-order valence-electron chi connectivity index (χ4n) is 4.10. The molecule has 0 saturated heterocycles. The summed E-state index contributed by atoms with van der Waals surface area (Å²) in [5, 5.41) is 8.27. The molecule has 3 heterocycles. The number of nitrogens with one attached hydrogen (secondary N) is 3. The number of carbonyl (C=O) groups excluding carboxylic acids is 2. The number of fused-ring (bicyclic) bond motifs is 1. The third-order valence-electron chi connectivity index (χ3n) is 6.11. The highest BCUT2D eigenvalue weighted by Gasteiger charge is 2.15. The summed E-state index contributed by atoms with van der Waals surface area (Å²) in [7, 11) is 1.65. The zero-order valence-corrected chi connectivity index (χ0v) is 23.8. The van der Waals surface area contributed by atoms with E-state index in [2.05, 4.69) is 20.9 Å². The van der Waals surface area contributed by atoms with Crippen LogP contribution in [0.15, 0.2) is 79.0 Å². The Kier molecular flexibility index (Phi) is 9.62. The molecular formula is C31H27F2N5O4S. The van der Waals surface area contributed by atoms with Crippen LogP contribution in [-0.2, 0) is 20.9 Å². The third-order valence-corrected chi connectivity index (χ3v) is 7.27. The summed E-state index contributed by atoms with van der Waals surface area (Å²) < 4.78 is 39.7. The number of aromatic nitrogens is 2. The minimum atomic E-state index is -0.703. The summed E-state index contributed by atoms with van der Waals surface area (Å²) in [4.78, 5) is 34.5. The number of hydrogen-bond acceptors (Lipinski definition) is 8. The number of anilines is 2. The normalized spacial score (nSPS) is 11.0. The van der Waals surface area contributed by atoms with Gasteiger partial charge in [-0.25, -0.2) is 8.78 Å². The number of halogens is 2. The summed E-state index contributed by atoms with van der Waals surface area (Å²) in [5.41, 5.74) is 2.87. The SMILES string of the molecule is COCCNCc1cccc(-c2cc3nccc(Oc4ccc(NC(=O)CC(=O)Nc5ccc(F)cc5)cc4F)c3s2)n1. The molecular weight excluding hydrogens is 576 g/mol. The molecule has 0 aliphatic rings. The Bertz CT molecular complexity index is 1750. The van der Waals surface area contributed by atoms with Crippen LogP contribution in [0.1, 0.15) is 12.1 Å². The Morgan fingerprint density at radius 1 is 0.907 bits per heavy atom. The van der Waals surface area contributed by atoms with Gasteiger partial charge in [-0.1, -0.05) is 6.07 Å². The molecule has 2 aromatic carbocycles. The molecule has 12 heteroatoms. The van der Waals surface area contributed by atoms with Crippen molar-refractivity contribution in [2.45, 2.75) is 13.0 Å². The molecule has 5 aromatic rings. The van der Waals surface area contributed by atoms with Crippen LogP contribution < -0.4 is 20.7 Å². The van der Waals surface area contributed by atoms with Crippen LogP contribution in [-0.4, -0.2) is 42.0 Å². The maximum Gasteiger partial charge on any atom is 0.233 e. The monoisotopic (exact) mass is 603 g/mol. The summed E-state index contributed by atoms with van der Waals surface area (Å²) in [6.45, 7) is 1.94. The average molecular weight is 604 g/mol. The smallest absolute Gasteiger partial charge is 0.233 e. The van der Waals surface area contributed by atoms with Gasteiger partial charge in [-0.2, -0.15) is 0 Å². The molecule has 220 valence electrons. The summed E-state index contributed by atoms with van der Waals surface area (Å²) in [6.07, 6.45) is 1.08. The molecule has 0 saturated carbocycles. The van der Waals surface area contributed by atoms with Crippen LogP contribution in [0, 0.1) is 11.6 Å². The van der Waals surface area contributed by atoms with Crippen molar-refractivity contribution < 1.29 is 27.8 Å². The van der Waals surface area contributed by atoms with Gasteiger partial charge >= 0.3 is 0 Å². The number of nitrogens with zero attached hydrogens (tertiary/aromatic N) is 2. The molecule has 0 aliphatic carbocycles. The predicted molar refractivity (Wildman–Crippen MR) is 161 cm³/mol. The van der Waals surface area contributed by atoms with E-state index < -0.39 is 29.9 Å². The number of amides is 2. The van der Waals surface area contributed by atoms with Gasteiger partial charge in [0.25, 0.3) is 0 Å². The van der Waals surface area contributed by atoms with Crippen LogP contribution in [0.25, 0.3) is 20.8 Å². The zero-order valence-electron chi connectivity index (χ0n) is 23.0. The minimum absolute atomic E-state index is 0.0447. The molecule has 0 bridgehead atoms. The van der Waals surface area contributed by atoms with Gasteiger partial charge in [0.2, 0.25) is 11.8 Å². The van der Waals surface area contributed by atoms with Crippen LogP contribution >= 0.6 is 11.3 Å². The second kappa shape index (κ2) is 13.9. The number of benzene rings is 2. The first-order valence-corrected chi connectivity index (χ1v) is 14.1. The van der Waals surface area contributed by atoms with Crippen LogP contribution in [0.3, 0.4) is 0 Å². The molecule has 0 aliphatic heterocycles. The van der Waals surface area contributed by atoms with E-state index in [0.717, 1.165) is 33.6 Å². The molecule has 43 heavy (non-hydrogen) atoms. The maximum atomic E-state index is 15.0. The van der Waals surface area contributed by atoms with E-state index in [-0.39, 0.29) is 11.4 Å². The quantitative estimate of drug-likeness (QED) is 0.116. The molecule has 0 atom stereocenters. The van der Waals surface area contributed by atoms with Crippen molar-refractivity contribution in [3.8, 4) is 22.1 Å². The van der Waals surface area contributed by atoms with Gasteiger partial charge in [0.15, 0.2) is 11.6 Å². The number of hydrogen-bond donors (Lipinski definition) is 3. The highest BCUT2D eigenvalue weighted by Crippen LogP contribution is 2.39. The fourth-order valence-corrected chi connectivity index (χ4v) is 5.13. The number of carbonyl (C=O) groups is 2. The first-order valence-electron chi connectivity index (χ1n) is 13.2. The van der Waals surface area contributed by atoms with Crippen LogP contribution in [0.4, 0.5) is 20.2 Å². The van der Waals surface area contributed by atoms with E-state index in [9.17, 15) is 14.0 Å². The number of pyridine rings is 2.